The SMILES string of the molecule is CNC(=O)CCNC(=O)[C@@H](C)N1C(=O)c2ccc(C)cc2C1=O. The first kappa shape index (κ1) is 16.7. The first-order valence-corrected chi connectivity index (χ1v) is 7.33. The van der Waals surface area contributed by atoms with Crippen LogP contribution in [0.4, 0.5) is 0 Å². The van der Waals surface area contributed by atoms with Gasteiger partial charge in [-0.1, -0.05) is 11.6 Å². The molecule has 1 heterocycles. The molecule has 0 unspecified atom stereocenters. The summed E-state index contributed by atoms with van der Waals surface area (Å²) in [4.78, 5) is 48.9. The number of rotatable bonds is 5. The molecule has 1 aliphatic rings. The van der Waals surface area contributed by atoms with Crippen LogP contribution in [0.15, 0.2) is 18.2 Å². The zero-order valence-electron chi connectivity index (χ0n) is 13.3. The molecule has 0 radical (unpaired) electrons. The number of amides is 4. The number of nitrogens with zero attached hydrogens (tertiary/aromatic N) is 1. The van der Waals surface area contributed by atoms with Crippen molar-refractivity contribution in [2.45, 2.75) is 26.3 Å². The van der Waals surface area contributed by atoms with Crippen LogP contribution in [-0.2, 0) is 9.59 Å². The summed E-state index contributed by atoms with van der Waals surface area (Å²) in [5.74, 6) is -1.61. The van der Waals surface area contributed by atoms with Gasteiger partial charge in [0.25, 0.3) is 11.8 Å². The van der Waals surface area contributed by atoms with Crippen molar-refractivity contribution in [2.24, 2.45) is 0 Å². The molecule has 0 aliphatic carbocycles. The molecular formula is C16H19N3O4. The third-order valence-corrected chi connectivity index (χ3v) is 3.77. The van der Waals surface area contributed by atoms with Crippen LogP contribution in [0.3, 0.4) is 0 Å². The van der Waals surface area contributed by atoms with Gasteiger partial charge < -0.3 is 10.6 Å². The molecule has 0 spiro atoms. The highest BCUT2D eigenvalue weighted by Gasteiger charge is 2.40. The van der Waals surface area contributed by atoms with Crippen molar-refractivity contribution in [2.75, 3.05) is 13.6 Å². The van der Waals surface area contributed by atoms with Crippen molar-refractivity contribution >= 4 is 23.6 Å². The fraction of sp³-hybridized carbons (Fsp3) is 0.375. The first-order chi connectivity index (χ1) is 10.9. The molecule has 7 heteroatoms. The van der Waals surface area contributed by atoms with Crippen LogP contribution < -0.4 is 10.6 Å². The van der Waals surface area contributed by atoms with Crippen LogP contribution >= 0.6 is 0 Å². The van der Waals surface area contributed by atoms with E-state index in [0.717, 1.165) is 10.5 Å². The molecule has 23 heavy (non-hydrogen) atoms. The Morgan fingerprint density at radius 1 is 1.17 bits per heavy atom. The molecule has 1 aliphatic heterocycles. The van der Waals surface area contributed by atoms with Crippen molar-refractivity contribution in [1.29, 1.82) is 0 Å². The van der Waals surface area contributed by atoms with Gasteiger partial charge in [0.1, 0.15) is 6.04 Å². The summed E-state index contributed by atoms with van der Waals surface area (Å²) in [6.07, 6.45) is 0.135. The second-order valence-electron chi connectivity index (χ2n) is 5.42. The molecule has 122 valence electrons. The molecule has 0 bridgehead atoms. The Bertz CT molecular complexity index is 684. The number of benzene rings is 1. The summed E-state index contributed by atoms with van der Waals surface area (Å²) in [6, 6.07) is 4.06. The topological polar surface area (TPSA) is 95.6 Å². The van der Waals surface area contributed by atoms with Gasteiger partial charge in [-0.15, -0.1) is 0 Å². The molecule has 0 fully saturated rings. The Kier molecular flexibility index (Phi) is 4.78. The van der Waals surface area contributed by atoms with E-state index in [0.29, 0.717) is 11.1 Å². The highest BCUT2D eigenvalue weighted by molar-refractivity contribution is 6.22. The summed E-state index contributed by atoms with van der Waals surface area (Å²) in [5, 5.41) is 5.00. The number of nitrogens with one attached hydrogen (secondary N) is 2. The van der Waals surface area contributed by atoms with E-state index >= 15 is 0 Å². The zero-order chi connectivity index (χ0) is 17.1. The van der Waals surface area contributed by atoms with Gasteiger partial charge in [-0.3, -0.25) is 24.1 Å². The average molecular weight is 317 g/mol. The number of imide groups is 1. The van der Waals surface area contributed by atoms with Crippen LogP contribution in [0.2, 0.25) is 0 Å². The highest BCUT2D eigenvalue weighted by atomic mass is 16.2. The molecule has 1 atom stereocenters. The lowest BCUT2D eigenvalue weighted by molar-refractivity contribution is -0.124. The maximum atomic E-state index is 12.4. The minimum atomic E-state index is -0.938. The Balaban J connectivity index is 2.07. The Morgan fingerprint density at radius 3 is 2.48 bits per heavy atom. The molecule has 1 aromatic carbocycles. The van der Waals surface area contributed by atoms with Crippen molar-refractivity contribution in [1.82, 2.24) is 15.5 Å². The normalized spacial score (nSPS) is 14.5. The van der Waals surface area contributed by atoms with Crippen LogP contribution in [0, 0.1) is 6.92 Å². The number of carbonyl (C=O) groups excluding carboxylic acids is 4. The van der Waals surface area contributed by atoms with Crippen molar-refractivity contribution in [3.05, 3.63) is 34.9 Å². The van der Waals surface area contributed by atoms with Crippen LogP contribution in [0.25, 0.3) is 0 Å². The quantitative estimate of drug-likeness (QED) is 0.760. The second-order valence-corrected chi connectivity index (χ2v) is 5.42. The highest BCUT2D eigenvalue weighted by Crippen LogP contribution is 2.25. The van der Waals surface area contributed by atoms with Crippen LogP contribution in [0.1, 0.15) is 39.6 Å². The fourth-order valence-electron chi connectivity index (χ4n) is 2.41. The number of hydrogen-bond donors (Lipinski definition) is 2. The van der Waals surface area contributed by atoms with E-state index in [1.807, 2.05) is 6.92 Å². The minimum absolute atomic E-state index is 0.135. The number of fused-ring (bicyclic) bond motifs is 1. The Labute approximate surface area is 134 Å². The van der Waals surface area contributed by atoms with E-state index in [-0.39, 0.29) is 18.9 Å². The van der Waals surface area contributed by atoms with E-state index in [1.165, 1.54) is 14.0 Å². The smallest absolute Gasteiger partial charge is 0.262 e. The van der Waals surface area contributed by atoms with E-state index in [4.69, 9.17) is 0 Å². The molecule has 0 aromatic heterocycles. The molecular weight excluding hydrogens is 298 g/mol. The first-order valence-electron chi connectivity index (χ1n) is 7.33. The van der Waals surface area contributed by atoms with E-state index in [2.05, 4.69) is 10.6 Å². The predicted octanol–water partition coefficient (Wildman–Crippen LogP) is 0.232. The monoisotopic (exact) mass is 317 g/mol. The van der Waals surface area contributed by atoms with E-state index < -0.39 is 23.8 Å². The predicted molar refractivity (Wildman–Crippen MR) is 82.8 cm³/mol. The van der Waals surface area contributed by atoms with Gasteiger partial charge in [0.15, 0.2) is 0 Å². The minimum Gasteiger partial charge on any atom is -0.359 e. The van der Waals surface area contributed by atoms with Crippen molar-refractivity contribution in [3.63, 3.8) is 0 Å². The molecule has 4 amide bonds. The lowest BCUT2D eigenvalue weighted by Crippen LogP contribution is -2.48. The summed E-state index contributed by atoms with van der Waals surface area (Å²) in [6.45, 7) is 3.46. The maximum Gasteiger partial charge on any atom is 0.262 e. The van der Waals surface area contributed by atoms with Crippen molar-refractivity contribution < 1.29 is 19.2 Å². The van der Waals surface area contributed by atoms with Gasteiger partial charge in [0.2, 0.25) is 11.8 Å². The molecule has 7 nitrogen and oxygen atoms in total. The molecule has 2 N–H and O–H groups in total. The van der Waals surface area contributed by atoms with E-state index in [9.17, 15) is 19.2 Å². The number of aryl methyl sites for hydroxylation is 1. The fourth-order valence-corrected chi connectivity index (χ4v) is 2.41. The summed E-state index contributed by atoms with van der Waals surface area (Å²) in [7, 11) is 1.51. The van der Waals surface area contributed by atoms with Gasteiger partial charge in [0, 0.05) is 20.0 Å². The maximum absolute atomic E-state index is 12.4. The number of carbonyl (C=O) groups is 4. The van der Waals surface area contributed by atoms with Crippen molar-refractivity contribution in [3.8, 4) is 0 Å². The van der Waals surface area contributed by atoms with Crippen LogP contribution in [-0.4, -0.2) is 48.2 Å². The lowest BCUT2D eigenvalue weighted by atomic mass is 10.1. The van der Waals surface area contributed by atoms with Gasteiger partial charge in [-0.05, 0) is 26.0 Å². The van der Waals surface area contributed by atoms with Gasteiger partial charge in [-0.2, -0.15) is 0 Å². The Hall–Kier alpha value is -2.70. The van der Waals surface area contributed by atoms with Crippen LogP contribution in [0.5, 0.6) is 0 Å². The van der Waals surface area contributed by atoms with Gasteiger partial charge in [0.05, 0.1) is 11.1 Å². The van der Waals surface area contributed by atoms with Gasteiger partial charge in [-0.25, -0.2) is 0 Å². The largest absolute Gasteiger partial charge is 0.359 e. The molecule has 2 rings (SSSR count). The number of hydrogen-bond acceptors (Lipinski definition) is 4. The second kappa shape index (κ2) is 6.60. The third-order valence-electron chi connectivity index (χ3n) is 3.77. The average Bonchev–Trinajstić information content (AvgIpc) is 2.77. The summed E-state index contributed by atoms with van der Waals surface area (Å²) >= 11 is 0. The summed E-state index contributed by atoms with van der Waals surface area (Å²) in [5.41, 5.74) is 1.50. The Morgan fingerprint density at radius 2 is 1.83 bits per heavy atom. The van der Waals surface area contributed by atoms with Gasteiger partial charge >= 0.3 is 0 Å². The molecule has 0 saturated carbocycles. The standard InChI is InChI=1S/C16H19N3O4/c1-9-4-5-11-12(8-9)16(23)19(15(11)22)10(2)14(21)18-7-6-13(20)17-3/h4-5,8,10H,6-7H2,1-3H3,(H,17,20)(H,18,21)/t10-/m1/s1. The lowest BCUT2D eigenvalue weighted by Gasteiger charge is -2.21. The zero-order valence-corrected chi connectivity index (χ0v) is 13.3. The van der Waals surface area contributed by atoms with E-state index in [1.54, 1.807) is 18.2 Å². The summed E-state index contributed by atoms with van der Waals surface area (Å²) < 4.78 is 0. The third kappa shape index (κ3) is 3.23. The molecule has 0 saturated heterocycles. The molecule has 1 aromatic rings.